The van der Waals surface area contributed by atoms with Gasteiger partial charge in [-0.1, -0.05) is 0 Å². The number of carbonyl (C=O) groups excluding carboxylic acids is 1. The molecule has 6 heteroatoms. The summed E-state index contributed by atoms with van der Waals surface area (Å²) in [6.07, 6.45) is 1.87. The van der Waals surface area contributed by atoms with Crippen LogP contribution in [0.3, 0.4) is 0 Å². The van der Waals surface area contributed by atoms with Crippen LogP contribution in [-0.2, 0) is 11.3 Å². The van der Waals surface area contributed by atoms with Crippen molar-refractivity contribution in [3.63, 3.8) is 0 Å². The van der Waals surface area contributed by atoms with Crippen molar-refractivity contribution >= 4 is 22.6 Å². The highest BCUT2D eigenvalue weighted by Crippen LogP contribution is 2.24. The van der Waals surface area contributed by atoms with Gasteiger partial charge < -0.3 is 16.5 Å². The molecule has 0 aliphatic carbocycles. The molecule has 0 saturated carbocycles. The molecule has 3 rings (SSSR count). The Bertz CT molecular complexity index is 665. The second kappa shape index (κ2) is 5.37. The number of aromatic nitrogens is 2. The summed E-state index contributed by atoms with van der Waals surface area (Å²) in [5, 5.41) is 0. The molecule has 1 aromatic heterocycles. The molecule has 1 aromatic carbocycles. The van der Waals surface area contributed by atoms with Crippen LogP contribution in [0.5, 0.6) is 0 Å². The molecule has 112 valence electrons. The fourth-order valence-electron chi connectivity index (χ4n) is 2.98. The SMILES string of the molecule is CC1CCC(C(N)=O)CN1Cc1nc2ccc(N)cc2[nH]1. The number of piperidine rings is 1. The van der Waals surface area contributed by atoms with Crippen molar-refractivity contribution in [2.75, 3.05) is 12.3 Å². The van der Waals surface area contributed by atoms with E-state index >= 15 is 0 Å². The summed E-state index contributed by atoms with van der Waals surface area (Å²) in [5.41, 5.74) is 13.8. The lowest BCUT2D eigenvalue weighted by atomic mass is 9.93. The van der Waals surface area contributed by atoms with Crippen molar-refractivity contribution < 1.29 is 4.79 Å². The Hall–Kier alpha value is -2.08. The average molecular weight is 287 g/mol. The number of nitrogen functional groups attached to an aromatic ring is 1. The van der Waals surface area contributed by atoms with E-state index in [4.69, 9.17) is 11.5 Å². The van der Waals surface area contributed by atoms with Gasteiger partial charge in [-0.2, -0.15) is 0 Å². The van der Waals surface area contributed by atoms with Crippen LogP contribution >= 0.6 is 0 Å². The number of amides is 1. The zero-order chi connectivity index (χ0) is 15.0. The molecule has 1 saturated heterocycles. The minimum absolute atomic E-state index is 0.0544. The van der Waals surface area contributed by atoms with Crippen LogP contribution in [0.2, 0.25) is 0 Å². The fraction of sp³-hybridized carbons (Fsp3) is 0.467. The van der Waals surface area contributed by atoms with Gasteiger partial charge in [0.15, 0.2) is 0 Å². The molecular weight excluding hydrogens is 266 g/mol. The predicted molar refractivity (Wildman–Crippen MR) is 82.3 cm³/mol. The minimum atomic E-state index is -0.204. The van der Waals surface area contributed by atoms with Crippen molar-refractivity contribution in [1.29, 1.82) is 0 Å². The molecular formula is C15H21N5O. The lowest BCUT2D eigenvalue weighted by molar-refractivity contribution is -0.124. The third-order valence-electron chi connectivity index (χ3n) is 4.32. The molecule has 5 N–H and O–H groups in total. The number of aromatic amines is 1. The van der Waals surface area contributed by atoms with Crippen molar-refractivity contribution in [3.8, 4) is 0 Å². The van der Waals surface area contributed by atoms with Gasteiger partial charge in [-0.05, 0) is 38.0 Å². The van der Waals surface area contributed by atoms with E-state index in [1.807, 2.05) is 18.2 Å². The number of nitrogens with zero attached hydrogens (tertiary/aromatic N) is 2. The van der Waals surface area contributed by atoms with Gasteiger partial charge in [-0.15, -0.1) is 0 Å². The Morgan fingerprint density at radius 1 is 1.48 bits per heavy atom. The number of rotatable bonds is 3. The highest BCUT2D eigenvalue weighted by molar-refractivity contribution is 5.78. The maximum Gasteiger partial charge on any atom is 0.221 e. The molecule has 2 heterocycles. The van der Waals surface area contributed by atoms with Gasteiger partial charge >= 0.3 is 0 Å². The normalized spacial score (nSPS) is 23.5. The number of fused-ring (bicyclic) bond motifs is 1. The first kappa shape index (κ1) is 13.9. The van der Waals surface area contributed by atoms with Gasteiger partial charge in [0.05, 0.1) is 23.5 Å². The van der Waals surface area contributed by atoms with Crippen molar-refractivity contribution in [3.05, 3.63) is 24.0 Å². The maximum absolute atomic E-state index is 11.4. The van der Waals surface area contributed by atoms with Gasteiger partial charge in [0.2, 0.25) is 5.91 Å². The second-order valence-electron chi connectivity index (χ2n) is 5.92. The third kappa shape index (κ3) is 2.85. The van der Waals surface area contributed by atoms with Gasteiger partial charge in [-0.25, -0.2) is 4.98 Å². The fourth-order valence-corrected chi connectivity index (χ4v) is 2.98. The van der Waals surface area contributed by atoms with E-state index < -0.39 is 0 Å². The Morgan fingerprint density at radius 2 is 2.29 bits per heavy atom. The van der Waals surface area contributed by atoms with Gasteiger partial charge in [0.25, 0.3) is 0 Å². The molecule has 1 aliphatic heterocycles. The Balaban J connectivity index is 1.78. The molecule has 1 amide bonds. The van der Waals surface area contributed by atoms with E-state index in [0.717, 1.165) is 35.4 Å². The first-order chi connectivity index (χ1) is 10.0. The number of likely N-dealkylation sites (tertiary alicyclic amines) is 1. The molecule has 21 heavy (non-hydrogen) atoms. The van der Waals surface area contributed by atoms with E-state index in [1.54, 1.807) is 0 Å². The Labute approximate surface area is 123 Å². The highest BCUT2D eigenvalue weighted by Gasteiger charge is 2.29. The smallest absolute Gasteiger partial charge is 0.221 e. The highest BCUT2D eigenvalue weighted by atomic mass is 16.1. The average Bonchev–Trinajstić information content (AvgIpc) is 2.82. The molecule has 2 unspecified atom stereocenters. The van der Waals surface area contributed by atoms with E-state index in [-0.39, 0.29) is 11.8 Å². The number of benzene rings is 1. The molecule has 6 nitrogen and oxygen atoms in total. The number of hydrogen-bond donors (Lipinski definition) is 3. The Kier molecular flexibility index (Phi) is 3.55. The minimum Gasteiger partial charge on any atom is -0.399 e. The number of anilines is 1. The van der Waals surface area contributed by atoms with E-state index in [0.29, 0.717) is 19.1 Å². The van der Waals surface area contributed by atoms with Gasteiger partial charge in [0.1, 0.15) is 5.82 Å². The lowest BCUT2D eigenvalue weighted by Gasteiger charge is -2.36. The first-order valence-corrected chi connectivity index (χ1v) is 7.30. The number of primary amides is 1. The number of nitrogens with one attached hydrogen (secondary N) is 1. The molecule has 1 fully saturated rings. The van der Waals surface area contributed by atoms with Crippen LogP contribution in [-0.4, -0.2) is 33.4 Å². The quantitative estimate of drug-likeness (QED) is 0.739. The number of H-pyrrole nitrogens is 1. The summed E-state index contributed by atoms with van der Waals surface area (Å²) in [6.45, 7) is 3.58. The summed E-state index contributed by atoms with van der Waals surface area (Å²) in [5.74, 6) is 0.637. The van der Waals surface area contributed by atoms with Gasteiger partial charge in [0, 0.05) is 18.3 Å². The van der Waals surface area contributed by atoms with Crippen LogP contribution in [0.15, 0.2) is 18.2 Å². The van der Waals surface area contributed by atoms with E-state index in [1.165, 1.54) is 0 Å². The van der Waals surface area contributed by atoms with Crippen LogP contribution in [0.1, 0.15) is 25.6 Å². The molecule has 1 aliphatic rings. The molecule has 0 radical (unpaired) electrons. The number of carbonyl (C=O) groups is 1. The standard InChI is InChI=1S/C15H21N5O/c1-9-2-3-10(15(17)21)7-20(9)8-14-18-12-5-4-11(16)6-13(12)19-14/h4-6,9-10H,2-3,7-8,16H2,1H3,(H2,17,21)(H,18,19). The summed E-state index contributed by atoms with van der Waals surface area (Å²) >= 11 is 0. The summed E-state index contributed by atoms with van der Waals surface area (Å²) < 4.78 is 0. The second-order valence-corrected chi connectivity index (χ2v) is 5.92. The van der Waals surface area contributed by atoms with Crippen LogP contribution in [0.4, 0.5) is 5.69 Å². The van der Waals surface area contributed by atoms with Gasteiger partial charge in [-0.3, -0.25) is 9.69 Å². The zero-order valence-corrected chi connectivity index (χ0v) is 12.2. The molecule has 0 spiro atoms. The lowest BCUT2D eigenvalue weighted by Crippen LogP contribution is -2.45. The monoisotopic (exact) mass is 287 g/mol. The van der Waals surface area contributed by atoms with Crippen LogP contribution < -0.4 is 11.5 Å². The zero-order valence-electron chi connectivity index (χ0n) is 12.2. The maximum atomic E-state index is 11.4. The van der Waals surface area contributed by atoms with E-state index in [9.17, 15) is 4.79 Å². The summed E-state index contributed by atoms with van der Waals surface area (Å²) in [4.78, 5) is 21.5. The number of imidazole rings is 1. The van der Waals surface area contributed by atoms with Crippen LogP contribution in [0, 0.1) is 5.92 Å². The molecule has 2 aromatic rings. The van der Waals surface area contributed by atoms with Crippen molar-refractivity contribution in [2.24, 2.45) is 11.7 Å². The third-order valence-corrected chi connectivity index (χ3v) is 4.32. The largest absolute Gasteiger partial charge is 0.399 e. The Morgan fingerprint density at radius 3 is 3.05 bits per heavy atom. The topological polar surface area (TPSA) is 101 Å². The summed E-state index contributed by atoms with van der Waals surface area (Å²) in [7, 11) is 0. The molecule has 2 atom stereocenters. The number of nitrogens with two attached hydrogens (primary N) is 2. The van der Waals surface area contributed by atoms with Crippen molar-refractivity contribution in [2.45, 2.75) is 32.4 Å². The van der Waals surface area contributed by atoms with Crippen LogP contribution in [0.25, 0.3) is 11.0 Å². The first-order valence-electron chi connectivity index (χ1n) is 7.30. The van der Waals surface area contributed by atoms with Crippen molar-refractivity contribution in [1.82, 2.24) is 14.9 Å². The molecule has 0 bridgehead atoms. The number of hydrogen-bond acceptors (Lipinski definition) is 4. The summed E-state index contributed by atoms with van der Waals surface area (Å²) in [6, 6.07) is 6.08. The van der Waals surface area contributed by atoms with E-state index in [2.05, 4.69) is 21.8 Å². The predicted octanol–water partition coefficient (Wildman–Crippen LogP) is 1.23.